The second kappa shape index (κ2) is 9.24. The van der Waals surface area contributed by atoms with E-state index in [1.54, 1.807) is 12.1 Å². The van der Waals surface area contributed by atoms with E-state index in [0.29, 0.717) is 11.1 Å². The number of aliphatic hydroxyl groups excluding tert-OH is 2. The van der Waals surface area contributed by atoms with Crippen LogP contribution in [0.25, 0.3) is 0 Å². The predicted molar refractivity (Wildman–Crippen MR) is 105 cm³/mol. The van der Waals surface area contributed by atoms with E-state index in [2.05, 4.69) is 0 Å². The number of aliphatic hydroxyl groups is 2. The summed E-state index contributed by atoms with van der Waals surface area (Å²) in [5, 5.41) is 43.3. The summed E-state index contributed by atoms with van der Waals surface area (Å²) in [6.45, 7) is -0.486. The van der Waals surface area contributed by atoms with Gasteiger partial charge < -0.3 is 29.2 Å². The smallest absolute Gasteiger partial charge is 0.269 e. The number of non-ortho nitro benzene ring substituents is 2. The zero-order chi connectivity index (χ0) is 22.8. The molecule has 170 valence electrons. The summed E-state index contributed by atoms with van der Waals surface area (Å²) in [6, 6.07) is 11.3. The third kappa shape index (κ3) is 4.60. The summed E-state index contributed by atoms with van der Waals surface area (Å²) in [4.78, 5) is 21.1. The zero-order valence-electron chi connectivity index (χ0n) is 16.6. The Kier molecular flexibility index (Phi) is 6.41. The van der Waals surface area contributed by atoms with Gasteiger partial charge >= 0.3 is 0 Å². The standard InChI is InChI=1S/C20H20N2O10/c23-17-15-9-29-19(11-3-1-5-13(7-11)21(25)26)30-10-16(18(17)24)32-20(31-15)12-4-2-6-14(8-12)22(27)28/h1-8,15-20,23-24H,9-10H2/t15-,16+,17-,18-,19?,20?/m1/s1. The van der Waals surface area contributed by atoms with E-state index in [-0.39, 0.29) is 24.6 Å². The summed E-state index contributed by atoms with van der Waals surface area (Å²) in [5.41, 5.74) is 0.385. The van der Waals surface area contributed by atoms with Crippen molar-refractivity contribution < 1.29 is 39.0 Å². The van der Waals surface area contributed by atoms with Crippen molar-refractivity contribution >= 4 is 11.4 Å². The van der Waals surface area contributed by atoms with Gasteiger partial charge in [-0.1, -0.05) is 24.3 Å². The molecule has 2 fully saturated rings. The minimum Gasteiger partial charge on any atom is -0.387 e. The highest BCUT2D eigenvalue weighted by Crippen LogP contribution is 2.34. The Bertz CT molecular complexity index is 980. The summed E-state index contributed by atoms with van der Waals surface area (Å²) >= 11 is 0. The van der Waals surface area contributed by atoms with Crippen LogP contribution in [-0.4, -0.2) is 57.7 Å². The maximum absolute atomic E-state index is 11.1. The van der Waals surface area contributed by atoms with E-state index in [0.717, 1.165) is 0 Å². The van der Waals surface area contributed by atoms with Gasteiger partial charge in [-0.25, -0.2) is 0 Å². The molecule has 2 unspecified atom stereocenters. The van der Waals surface area contributed by atoms with Gasteiger partial charge in [0.1, 0.15) is 24.4 Å². The van der Waals surface area contributed by atoms with Crippen molar-refractivity contribution in [1.82, 2.24) is 0 Å². The van der Waals surface area contributed by atoms with Gasteiger partial charge in [0.2, 0.25) is 0 Å². The number of nitro groups is 2. The van der Waals surface area contributed by atoms with E-state index in [1.807, 2.05) is 0 Å². The number of benzene rings is 2. The molecule has 2 aliphatic rings. The molecule has 2 N–H and O–H groups in total. The molecule has 0 amide bonds. The van der Waals surface area contributed by atoms with E-state index in [4.69, 9.17) is 18.9 Å². The Labute approximate surface area is 181 Å². The Morgan fingerprint density at radius 1 is 0.750 bits per heavy atom. The van der Waals surface area contributed by atoms with Crippen LogP contribution in [0.3, 0.4) is 0 Å². The highest BCUT2D eigenvalue weighted by molar-refractivity contribution is 5.35. The fourth-order valence-electron chi connectivity index (χ4n) is 3.56. The Hall–Kier alpha value is -3.00. The lowest BCUT2D eigenvalue weighted by Gasteiger charge is -2.28. The quantitative estimate of drug-likeness (QED) is 0.520. The first kappa shape index (κ1) is 22.2. The second-order valence-corrected chi connectivity index (χ2v) is 7.36. The van der Waals surface area contributed by atoms with E-state index in [1.165, 1.54) is 36.4 Å². The Morgan fingerprint density at radius 3 is 1.62 bits per heavy atom. The van der Waals surface area contributed by atoms with Gasteiger partial charge in [-0.15, -0.1) is 0 Å². The molecule has 2 aromatic carbocycles. The molecule has 12 heteroatoms. The van der Waals surface area contributed by atoms with Crippen molar-refractivity contribution in [3.8, 4) is 0 Å². The number of hydrogen-bond acceptors (Lipinski definition) is 10. The first-order chi connectivity index (χ1) is 15.3. The predicted octanol–water partition coefficient (Wildman–Crippen LogP) is 1.75. The lowest BCUT2D eigenvalue weighted by Crippen LogP contribution is -2.45. The van der Waals surface area contributed by atoms with Gasteiger partial charge in [-0.2, -0.15) is 0 Å². The summed E-state index contributed by atoms with van der Waals surface area (Å²) in [6.07, 6.45) is -7.08. The Morgan fingerprint density at radius 2 is 1.19 bits per heavy atom. The molecule has 0 spiro atoms. The van der Waals surface area contributed by atoms with Crippen molar-refractivity contribution in [3.05, 3.63) is 79.9 Å². The van der Waals surface area contributed by atoms with Gasteiger partial charge in [0, 0.05) is 35.4 Å². The van der Waals surface area contributed by atoms with Crippen molar-refractivity contribution in [2.75, 3.05) is 13.2 Å². The molecule has 6 atom stereocenters. The summed E-state index contributed by atoms with van der Waals surface area (Å²) < 4.78 is 23.1. The van der Waals surface area contributed by atoms with Gasteiger partial charge in [0.25, 0.3) is 11.4 Å². The van der Waals surface area contributed by atoms with Crippen LogP contribution in [0, 0.1) is 20.2 Å². The van der Waals surface area contributed by atoms with Gasteiger partial charge in [0.15, 0.2) is 12.6 Å². The highest BCUT2D eigenvalue weighted by Gasteiger charge is 2.43. The van der Waals surface area contributed by atoms with Crippen LogP contribution in [0.4, 0.5) is 11.4 Å². The number of ether oxygens (including phenoxy) is 4. The molecule has 0 aromatic heterocycles. The van der Waals surface area contributed by atoms with E-state index >= 15 is 0 Å². The van der Waals surface area contributed by atoms with Crippen molar-refractivity contribution in [2.45, 2.75) is 37.0 Å². The molecule has 2 aromatic rings. The largest absolute Gasteiger partial charge is 0.387 e. The van der Waals surface area contributed by atoms with Crippen LogP contribution in [0.1, 0.15) is 23.7 Å². The van der Waals surface area contributed by atoms with Gasteiger partial charge in [-0.3, -0.25) is 20.2 Å². The summed E-state index contributed by atoms with van der Waals surface area (Å²) in [7, 11) is 0. The number of nitro benzene ring substituents is 2. The van der Waals surface area contributed by atoms with Crippen LogP contribution < -0.4 is 0 Å². The van der Waals surface area contributed by atoms with E-state index < -0.39 is 46.8 Å². The van der Waals surface area contributed by atoms with E-state index in [9.17, 15) is 30.4 Å². The van der Waals surface area contributed by atoms with Crippen LogP contribution in [0.15, 0.2) is 48.5 Å². The lowest BCUT2D eigenvalue weighted by atomic mass is 10.0. The molecule has 0 saturated carbocycles. The average molecular weight is 448 g/mol. The molecule has 12 nitrogen and oxygen atoms in total. The maximum atomic E-state index is 11.1. The number of fused-ring (bicyclic) bond motifs is 3. The second-order valence-electron chi connectivity index (χ2n) is 7.36. The third-order valence-corrected chi connectivity index (χ3v) is 5.24. The van der Waals surface area contributed by atoms with Crippen LogP contribution in [0.2, 0.25) is 0 Å². The molecular weight excluding hydrogens is 428 g/mol. The first-order valence-electron chi connectivity index (χ1n) is 9.72. The molecule has 4 rings (SSSR count). The molecule has 0 aliphatic carbocycles. The molecule has 2 saturated heterocycles. The molecular formula is C20H20N2O10. The molecule has 2 heterocycles. The van der Waals surface area contributed by atoms with Crippen LogP contribution in [-0.2, 0) is 18.9 Å². The molecule has 2 aliphatic heterocycles. The first-order valence-corrected chi connectivity index (χ1v) is 9.72. The number of nitrogens with zero attached hydrogens (tertiary/aromatic N) is 2. The zero-order valence-corrected chi connectivity index (χ0v) is 16.6. The fraction of sp³-hybridized carbons (Fsp3) is 0.400. The van der Waals surface area contributed by atoms with Crippen molar-refractivity contribution in [1.29, 1.82) is 0 Å². The van der Waals surface area contributed by atoms with Gasteiger partial charge in [-0.05, 0) is 0 Å². The molecule has 2 bridgehead atoms. The topological polar surface area (TPSA) is 164 Å². The molecule has 0 radical (unpaired) electrons. The van der Waals surface area contributed by atoms with Crippen LogP contribution >= 0.6 is 0 Å². The SMILES string of the molecule is O=[N+]([O-])c1cccc(C2OC[C@@H]3OC(c4cccc([N+](=O)[O-])c4)O[C@H](CO2)[C@@H](O)[C@@H]3O)c1. The third-order valence-electron chi connectivity index (χ3n) is 5.24. The summed E-state index contributed by atoms with van der Waals surface area (Å²) in [5.74, 6) is 0. The normalized spacial score (nSPS) is 30.6. The fourth-order valence-corrected chi connectivity index (χ4v) is 3.56. The van der Waals surface area contributed by atoms with Crippen LogP contribution in [0.5, 0.6) is 0 Å². The Balaban J connectivity index is 1.60. The average Bonchev–Trinajstić information content (AvgIpc) is 2.88. The minimum absolute atomic E-state index is 0.145. The van der Waals surface area contributed by atoms with Gasteiger partial charge in [0.05, 0.1) is 23.1 Å². The lowest BCUT2D eigenvalue weighted by molar-refractivity contribution is -0.385. The molecule has 32 heavy (non-hydrogen) atoms. The highest BCUT2D eigenvalue weighted by atomic mass is 16.7. The van der Waals surface area contributed by atoms with Crippen molar-refractivity contribution in [3.63, 3.8) is 0 Å². The number of hydrogen-bond donors (Lipinski definition) is 2. The monoisotopic (exact) mass is 448 g/mol. The maximum Gasteiger partial charge on any atom is 0.269 e. The minimum atomic E-state index is -1.39. The number of rotatable bonds is 4. The van der Waals surface area contributed by atoms with Crippen molar-refractivity contribution in [2.24, 2.45) is 0 Å².